The molecule has 1 aromatic carbocycles. The fourth-order valence-corrected chi connectivity index (χ4v) is 4.06. The average Bonchev–Trinajstić information content (AvgIpc) is 2.48. The van der Waals surface area contributed by atoms with Gasteiger partial charge in [0.05, 0.1) is 5.02 Å². The summed E-state index contributed by atoms with van der Waals surface area (Å²) in [5.41, 5.74) is 1.34. The van der Waals surface area contributed by atoms with Crippen LogP contribution in [0.25, 0.3) is 0 Å². The van der Waals surface area contributed by atoms with Crippen molar-refractivity contribution in [1.29, 1.82) is 0 Å². The zero-order chi connectivity index (χ0) is 14.5. The van der Waals surface area contributed by atoms with Gasteiger partial charge in [-0.15, -0.1) is 0 Å². The molecule has 1 aromatic rings. The van der Waals surface area contributed by atoms with Crippen molar-refractivity contribution >= 4 is 27.5 Å². The van der Waals surface area contributed by atoms with Crippen LogP contribution in [-0.2, 0) is 0 Å². The molecule has 0 amide bonds. The zero-order valence-corrected chi connectivity index (χ0v) is 14.8. The molecule has 0 bridgehead atoms. The molecule has 1 fully saturated rings. The molecule has 3 atom stereocenters. The van der Waals surface area contributed by atoms with E-state index in [0.29, 0.717) is 6.04 Å². The number of rotatable bonds is 5. The van der Waals surface area contributed by atoms with Crippen LogP contribution in [0.2, 0.25) is 5.02 Å². The van der Waals surface area contributed by atoms with Gasteiger partial charge in [-0.3, -0.25) is 0 Å². The summed E-state index contributed by atoms with van der Waals surface area (Å²) in [4.78, 5) is 0. The Morgan fingerprint density at radius 2 is 2.05 bits per heavy atom. The van der Waals surface area contributed by atoms with Crippen LogP contribution in [-0.4, -0.2) is 6.54 Å². The van der Waals surface area contributed by atoms with Crippen LogP contribution < -0.4 is 5.32 Å². The first kappa shape index (κ1) is 16.3. The second-order valence-electron chi connectivity index (χ2n) is 5.83. The lowest BCUT2D eigenvalue weighted by Crippen LogP contribution is -2.34. The third-order valence-electron chi connectivity index (χ3n) is 4.65. The minimum atomic E-state index is 0.441. The maximum Gasteiger partial charge on any atom is 0.0551 e. The van der Waals surface area contributed by atoms with Crippen LogP contribution in [0.15, 0.2) is 22.7 Å². The Kier molecular flexibility index (Phi) is 6.38. The average molecular weight is 359 g/mol. The van der Waals surface area contributed by atoms with Crippen LogP contribution >= 0.6 is 27.5 Å². The quantitative estimate of drug-likeness (QED) is 0.683. The smallest absolute Gasteiger partial charge is 0.0551 e. The van der Waals surface area contributed by atoms with E-state index in [0.717, 1.165) is 27.9 Å². The summed E-state index contributed by atoms with van der Waals surface area (Å²) in [6, 6.07) is 6.85. The van der Waals surface area contributed by atoms with Gasteiger partial charge in [-0.05, 0) is 58.4 Å². The third-order valence-corrected chi connectivity index (χ3v) is 5.88. The maximum absolute atomic E-state index is 6.29. The zero-order valence-electron chi connectivity index (χ0n) is 12.5. The summed E-state index contributed by atoms with van der Waals surface area (Å²) in [5, 5.41) is 4.52. The predicted octanol–water partition coefficient (Wildman–Crippen LogP) is 5.97. The van der Waals surface area contributed by atoms with Crippen molar-refractivity contribution in [1.82, 2.24) is 5.32 Å². The Labute approximate surface area is 136 Å². The van der Waals surface area contributed by atoms with E-state index in [4.69, 9.17) is 11.6 Å². The second-order valence-corrected chi connectivity index (χ2v) is 7.09. The molecule has 112 valence electrons. The fourth-order valence-electron chi connectivity index (χ4n) is 3.62. The summed E-state index contributed by atoms with van der Waals surface area (Å²) >= 11 is 9.78. The highest BCUT2D eigenvalue weighted by molar-refractivity contribution is 9.10. The van der Waals surface area contributed by atoms with E-state index >= 15 is 0 Å². The van der Waals surface area contributed by atoms with Crippen LogP contribution in [0.4, 0.5) is 0 Å². The Morgan fingerprint density at radius 1 is 1.30 bits per heavy atom. The Morgan fingerprint density at radius 3 is 2.70 bits per heavy atom. The van der Waals surface area contributed by atoms with Gasteiger partial charge in [-0.1, -0.05) is 57.2 Å². The molecule has 0 radical (unpaired) electrons. The molecular formula is C17H25BrClN. The predicted molar refractivity (Wildman–Crippen MR) is 91.3 cm³/mol. The maximum atomic E-state index is 6.29. The van der Waals surface area contributed by atoms with Crippen molar-refractivity contribution in [2.24, 2.45) is 11.8 Å². The molecule has 0 saturated heterocycles. The first-order chi connectivity index (χ1) is 9.67. The minimum absolute atomic E-state index is 0.441. The molecule has 3 heteroatoms. The fraction of sp³-hybridized carbons (Fsp3) is 0.647. The Bertz CT molecular complexity index is 435. The van der Waals surface area contributed by atoms with Crippen LogP contribution in [0.3, 0.4) is 0 Å². The van der Waals surface area contributed by atoms with Gasteiger partial charge in [-0.25, -0.2) is 0 Å². The van der Waals surface area contributed by atoms with Crippen molar-refractivity contribution in [3.8, 4) is 0 Å². The number of benzene rings is 1. The summed E-state index contributed by atoms with van der Waals surface area (Å²) in [5.74, 6) is 1.58. The minimum Gasteiger partial charge on any atom is -0.310 e. The highest BCUT2D eigenvalue weighted by Gasteiger charge is 2.31. The highest BCUT2D eigenvalue weighted by Crippen LogP contribution is 2.41. The summed E-state index contributed by atoms with van der Waals surface area (Å²) in [7, 11) is 0. The first-order valence-corrected chi connectivity index (χ1v) is 9.02. The summed E-state index contributed by atoms with van der Waals surface area (Å²) < 4.78 is 0.980. The number of halogens is 2. The van der Waals surface area contributed by atoms with Gasteiger partial charge in [-0.2, -0.15) is 0 Å². The number of nitrogens with one attached hydrogen (secondary N) is 1. The Balaban J connectivity index is 2.26. The molecule has 1 saturated carbocycles. The molecule has 20 heavy (non-hydrogen) atoms. The van der Waals surface area contributed by atoms with E-state index in [2.05, 4.69) is 53.3 Å². The van der Waals surface area contributed by atoms with Gasteiger partial charge in [0, 0.05) is 10.5 Å². The van der Waals surface area contributed by atoms with Gasteiger partial charge in [0.15, 0.2) is 0 Å². The van der Waals surface area contributed by atoms with Crippen molar-refractivity contribution in [2.75, 3.05) is 6.54 Å². The van der Waals surface area contributed by atoms with Gasteiger partial charge >= 0.3 is 0 Å². The summed E-state index contributed by atoms with van der Waals surface area (Å²) in [6.45, 7) is 5.53. The van der Waals surface area contributed by atoms with E-state index in [1.54, 1.807) is 0 Å². The van der Waals surface area contributed by atoms with E-state index < -0.39 is 0 Å². The van der Waals surface area contributed by atoms with E-state index in [-0.39, 0.29) is 0 Å². The van der Waals surface area contributed by atoms with Gasteiger partial charge < -0.3 is 5.32 Å². The van der Waals surface area contributed by atoms with E-state index in [1.165, 1.54) is 37.7 Å². The molecule has 0 heterocycles. The number of hydrogen-bond acceptors (Lipinski definition) is 1. The standard InChI is InChI=1S/C17H25BrClN/c1-3-12-7-5-6-8-14(12)17(20-4-2)13-9-10-15(18)16(19)11-13/h9-12,14,17,20H,3-8H2,1-2H3. The third kappa shape index (κ3) is 3.78. The lowest BCUT2D eigenvalue weighted by Gasteiger charge is -2.37. The second kappa shape index (κ2) is 7.82. The molecular weight excluding hydrogens is 334 g/mol. The van der Waals surface area contributed by atoms with Crippen molar-refractivity contribution < 1.29 is 0 Å². The van der Waals surface area contributed by atoms with Crippen LogP contribution in [0.5, 0.6) is 0 Å². The van der Waals surface area contributed by atoms with Gasteiger partial charge in [0.2, 0.25) is 0 Å². The normalized spacial score (nSPS) is 24.6. The van der Waals surface area contributed by atoms with Crippen LogP contribution in [0, 0.1) is 11.8 Å². The first-order valence-electron chi connectivity index (χ1n) is 7.85. The molecule has 1 aliphatic rings. The number of hydrogen-bond donors (Lipinski definition) is 1. The van der Waals surface area contributed by atoms with E-state index in [9.17, 15) is 0 Å². The van der Waals surface area contributed by atoms with Crippen LogP contribution in [0.1, 0.15) is 57.6 Å². The molecule has 1 nitrogen and oxygen atoms in total. The largest absolute Gasteiger partial charge is 0.310 e. The molecule has 0 aromatic heterocycles. The lowest BCUT2D eigenvalue weighted by molar-refractivity contribution is 0.177. The topological polar surface area (TPSA) is 12.0 Å². The van der Waals surface area contributed by atoms with Crippen molar-refractivity contribution in [3.05, 3.63) is 33.3 Å². The summed E-state index contributed by atoms with van der Waals surface area (Å²) in [6.07, 6.45) is 6.77. The van der Waals surface area contributed by atoms with E-state index in [1.807, 2.05) is 0 Å². The molecule has 3 unspecified atom stereocenters. The van der Waals surface area contributed by atoms with Gasteiger partial charge in [0.25, 0.3) is 0 Å². The highest BCUT2D eigenvalue weighted by atomic mass is 79.9. The molecule has 1 aliphatic carbocycles. The SMILES string of the molecule is CCNC(c1ccc(Br)c(Cl)c1)C1CCCCC1CC. The monoisotopic (exact) mass is 357 g/mol. The molecule has 0 aliphatic heterocycles. The Hall–Kier alpha value is -0.0500. The van der Waals surface area contributed by atoms with Crippen molar-refractivity contribution in [2.45, 2.75) is 52.0 Å². The van der Waals surface area contributed by atoms with Crippen molar-refractivity contribution in [3.63, 3.8) is 0 Å². The van der Waals surface area contributed by atoms with Gasteiger partial charge in [0.1, 0.15) is 0 Å². The molecule has 2 rings (SSSR count). The molecule has 1 N–H and O–H groups in total. The lowest BCUT2D eigenvalue weighted by atomic mass is 9.72. The molecule has 0 spiro atoms.